The summed E-state index contributed by atoms with van der Waals surface area (Å²) < 4.78 is 55.5. The Bertz CT molecular complexity index is 591. The van der Waals surface area contributed by atoms with Crippen LogP contribution in [0.1, 0.15) is 37.8 Å². The van der Waals surface area contributed by atoms with Crippen LogP contribution in [0.3, 0.4) is 0 Å². The quantitative estimate of drug-likeness (QED) is 0.800. The van der Waals surface area contributed by atoms with E-state index >= 15 is 0 Å². The van der Waals surface area contributed by atoms with Gasteiger partial charge in [0.05, 0.1) is 11.7 Å². The second-order valence-electron chi connectivity index (χ2n) is 5.46. The van der Waals surface area contributed by atoms with Gasteiger partial charge in [-0.3, -0.25) is 4.57 Å². The van der Waals surface area contributed by atoms with Gasteiger partial charge in [-0.1, -0.05) is 6.92 Å². The average molecular weight is 337 g/mol. The van der Waals surface area contributed by atoms with Crippen LogP contribution in [-0.4, -0.2) is 16.8 Å². The Balaban J connectivity index is 2.17. The SMILES string of the molecule is CCC(C)OP(=O)(O)C1CCc2cc(C(F)(F)F)ccc2N1. The van der Waals surface area contributed by atoms with Crippen LogP contribution in [0.25, 0.3) is 0 Å². The summed E-state index contributed by atoms with van der Waals surface area (Å²) in [4.78, 5) is 10.0. The Hall–Kier alpha value is -1.04. The predicted octanol–water partition coefficient (Wildman–Crippen LogP) is 4.39. The molecule has 3 unspecified atom stereocenters. The number of benzene rings is 1. The summed E-state index contributed by atoms with van der Waals surface area (Å²) in [6, 6.07) is 3.34. The molecule has 0 aliphatic carbocycles. The van der Waals surface area contributed by atoms with Gasteiger partial charge >= 0.3 is 13.8 Å². The fourth-order valence-corrected chi connectivity index (χ4v) is 3.88. The molecule has 0 saturated carbocycles. The topological polar surface area (TPSA) is 58.6 Å². The normalized spacial score (nSPS) is 22.4. The minimum Gasteiger partial charge on any atom is -0.371 e. The van der Waals surface area contributed by atoms with Gasteiger partial charge in [0.2, 0.25) is 0 Å². The molecule has 0 fully saturated rings. The average Bonchev–Trinajstić information content (AvgIpc) is 2.44. The van der Waals surface area contributed by atoms with Crippen molar-refractivity contribution in [2.45, 2.75) is 51.2 Å². The zero-order valence-electron chi connectivity index (χ0n) is 12.4. The van der Waals surface area contributed by atoms with Crippen LogP contribution in [0, 0.1) is 0 Å². The summed E-state index contributed by atoms with van der Waals surface area (Å²) in [7, 11) is -3.87. The molecule has 0 aromatic heterocycles. The molecule has 0 radical (unpaired) electrons. The molecule has 3 atom stereocenters. The number of hydrogen-bond acceptors (Lipinski definition) is 3. The van der Waals surface area contributed by atoms with Gasteiger partial charge in [0, 0.05) is 5.69 Å². The summed E-state index contributed by atoms with van der Waals surface area (Å²) in [5.74, 6) is -0.800. The van der Waals surface area contributed by atoms with Crippen molar-refractivity contribution < 1.29 is 27.2 Å². The number of nitrogens with one attached hydrogen (secondary N) is 1. The maximum Gasteiger partial charge on any atom is 0.416 e. The van der Waals surface area contributed by atoms with Gasteiger partial charge in [0.15, 0.2) is 0 Å². The Morgan fingerprint density at radius 3 is 2.77 bits per heavy atom. The molecule has 124 valence electrons. The van der Waals surface area contributed by atoms with Crippen LogP contribution < -0.4 is 5.32 Å². The van der Waals surface area contributed by atoms with Crippen LogP contribution in [-0.2, 0) is 21.7 Å². The summed E-state index contributed by atoms with van der Waals surface area (Å²) in [5, 5.41) is 2.84. The van der Waals surface area contributed by atoms with Crippen molar-refractivity contribution in [3.05, 3.63) is 29.3 Å². The molecule has 1 aliphatic heterocycles. The lowest BCUT2D eigenvalue weighted by molar-refractivity contribution is -0.137. The molecule has 1 aromatic carbocycles. The number of anilines is 1. The monoisotopic (exact) mass is 337 g/mol. The Morgan fingerprint density at radius 2 is 2.18 bits per heavy atom. The maximum atomic E-state index is 12.7. The molecule has 2 rings (SSSR count). The van der Waals surface area contributed by atoms with Crippen molar-refractivity contribution in [3.63, 3.8) is 0 Å². The van der Waals surface area contributed by atoms with Gasteiger partial charge < -0.3 is 14.7 Å². The summed E-state index contributed by atoms with van der Waals surface area (Å²) in [5.41, 5.74) is 0.232. The highest BCUT2D eigenvalue weighted by Crippen LogP contribution is 2.52. The molecule has 0 amide bonds. The van der Waals surface area contributed by atoms with Crippen molar-refractivity contribution >= 4 is 13.3 Å². The lowest BCUT2D eigenvalue weighted by atomic mass is 10.0. The molecule has 22 heavy (non-hydrogen) atoms. The number of aryl methyl sites for hydroxylation is 1. The molecule has 0 bridgehead atoms. The lowest BCUT2D eigenvalue weighted by Gasteiger charge is -2.31. The zero-order valence-corrected chi connectivity index (χ0v) is 13.2. The van der Waals surface area contributed by atoms with Crippen LogP contribution in [0.15, 0.2) is 18.2 Å². The van der Waals surface area contributed by atoms with Gasteiger partial charge in [0.1, 0.15) is 5.78 Å². The second-order valence-corrected chi connectivity index (χ2v) is 7.42. The molecule has 2 N–H and O–H groups in total. The molecule has 1 aromatic rings. The number of alkyl halides is 3. The van der Waals surface area contributed by atoms with E-state index in [0.717, 1.165) is 12.1 Å². The van der Waals surface area contributed by atoms with E-state index in [0.29, 0.717) is 24.1 Å². The predicted molar refractivity (Wildman–Crippen MR) is 77.8 cm³/mol. The highest BCUT2D eigenvalue weighted by molar-refractivity contribution is 7.53. The van der Waals surface area contributed by atoms with Crippen molar-refractivity contribution in [2.75, 3.05) is 5.32 Å². The minimum atomic E-state index is -4.39. The summed E-state index contributed by atoms with van der Waals surface area (Å²) in [6.07, 6.45) is -3.60. The smallest absolute Gasteiger partial charge is 0.371 e. The van der Waals surface area contributed by atoms with E-state index in [1.54, 1.807) is 6.92 Å². The van der Waals surface area contributed by atoms with Gasteiger partial charge in [-0.25, -0.2) is 0 Å². The highest BCUT2D eigenvalue weighted by atomic mass is 31.2. The van der Waals surface area contributed by atoms with E-state index in [2.05, 4.69) is 5.32 Å². The third-order valence-electron chi connectivity index (χ3n) is 3.74. The van der Waals surface area contributed by atoms with Gasteiger partial charge in [0.25, 0.3) is 0 Å². The Labute approximate surface area is 127 Å². The fraction of sp³-hybridized carbons (Fsp3) is 0.571. The minimum absolute atomic E-state index is 0.249. The molecule has 8 heteroatoms. The maximum absolute atomic E-state index is 12.7. The molecule has 4 nitrogen and oxygen atoms in total. The van der Waals surface area contributed by atoms with Crippen LogP contribution in [0.4, 0.5) is 18.9 Å². The number of halogens is 3. The first-order valence-electron chi connectivity index (χ1n) is 7.11. The molecular weight excluding hydrogens is 318 g/mol. The summed E-state index contributed by atoms with van der Waals surface area (Å²) in [6.45, 7) is 3.54. The van der Waals surface area contributed by atoms with E-state index in [1.165, 1.54) is 6.07 Å². The summed E-state index contributed by atoms with van der Waals surface area (Å²) >= 11 is 0. The number of rotatable bonds is 4. The first kappa shape index (κ1) is 17.3. The third kappa shape index (κ3) is 3.83. The lowest BCUT2D eigenvalue weighted by Crippen LogP contribution is -2.27. The van der Waals surface area contributed by atoms with Gasteiger partial charge in [-0.05, 0) is 49.9 Å². The van der Waals surface area contributed by atoms with E-state index in [1.807, 2.05) is 6.92 Å². The molecule has 0 spiro atoms. The largest absolute Gasteiger partial charge is 0.416 e. The van der Waals surface area contributed by atoms with Gasteiger partial charge in [-0.15, -0.1) is 0 Å². The number of hydrogen-bond donors (Lipinski definition) is 2. The molecule has 1 aliphatic rings. The fourth-order valence-electron chi connectivity index (χ4n) is 2.31. The van der Waals surface area contributed by atoms with Crippen molar-refractivity contribution in [2.24, 2.45) is 0 Å². The van der Waals surface area contributed by atoms with Crippen LogP contribution in [0.2, 0.25) is 0 Å². The second kappa shape index (κ2) is 6.22. The van der Waals surface area contributed by atoms with E-state index in [9.17, 15) is 22.6 Å². The van der Waals surface area contributed by atoms with Gasteiger partial charge in [-0.2, -0.15) is 13.2 Å². The molecular formula is C14H19F3NO3P. The molecule has 0 saturated heterocycles. The van der Waals surface area contributed by atoms with Crippen LogP contribution in [0.5, 0.6) is 0 Å². The highest BCUT2D eigenvalue weighted by Gasteiger charge is 2.37. The molecule has 1 heterocycles. The third-order valence-corrected chi connectivity index (χ3v) is 5.58. The standard InChI is InChI=1S/C14H19F3NO3P/c1-3-9(2)21-22(19,20)13-7-4-10-8-11(14(15,16)17)5-6-12(10)18-13/h5-6,8-9,13,18H,3-4,7H2,1-2H3,(H,19,20). The van der Waals surface area contributed by atoms with E-state index in [-0.39, 0.29) is 12.5 Å². The zero-order chi connectivity index (χ0) is 16.5. The van der Waals surface area contributed by atoms with Crippen LogP contribution >= 0.6 is 7.60 Å². The van der Waals surface area contributed by atoms with Crippen molar-refractivity contribution in [1.29, 1.82) is 0 Å². The first-order chi connectivity index (χ1) is 10.1. The Morgan fingerprint density at radius 1 is 1.50 bits per heavy atom. The Kier molecular flexibility index (Phi) is 4.90. The number of fused-ring (bicyclic) bond motifs is 1. The van der Waals surface area contributed by atoms with E-state index in [4.69, 9.17) is 4.52 Å². The van der Waals surface area contributed by atoms with Crippen molar-refractivity contribution in [1.82, 2.24) is 0 Å². The first-order valence-corrected chi connectivity index (χ1v) is 8.75. The van der Waals surface area contributed by atoms with E-state index < -0.39 is 25.1 Å². The van der Waals surface area contributed by atoms with Crippen molar-refractivity contribution in [3.8, 4) is 0 Å².